The Labute approximate surface area is 187 Å². The fraction of sp³-hybridized carbons (Fsp3) is 0.208. The van der Waals surface area contributed by atoms with Crippen LogP contribution in [0.2, 0.25) is 0 Å². The van der Waals surface area contributed by atoms with E-state index in [0.717, 1.165) is 16.3 Å². The third kappa shape index (κ3) is 6.52. The van der Waals surface area contributed by atoms with Crippen molar-refractivity contribution in [1.82, 2.24) is 16.2 Å². The Morgan fingerprint density at radius 2 is 1.71 bits per heavy atom. The lowest BCUT2D eigenvalue weighted by Crippen LogP contribution is -2.48. The molecule has 7 heteroatoms. The zero-order chi connectivity index (χ0) is 22.2. The number of hydrogen-bond acceptors (Lipinski definition) is 4. The van der Waals surface area contributed by atoms with E-state index in [9.17, 15) is 9.59 Å². The summed E-state index contributed by atoms with van der Waals surface area (Å²) in [6, 6.07) is 20.6. The maximum atomic E-state index is 12.4. The van der Waals surface area contributed by atoms with E-state index in [0.29, 0.717) is 23.8 Å². The average molecular weight is 436 g/mol. The molecule has 3 aromatic carbocycles. The number of nitrogens with one attached hydrogen (secondary N) is 3. The molecule has 6 nitrogen and oxygen atoms in total. The Balaban J connectivity index is 1.51. The van der Waals surface area contributed by atoms with E-state index in [1.807, 2.05) is 42.5 Å². The van der Waals surface area contributed by atoms with Gasteiger partial charge in [0, 0.05) is 5.56 Å². The van der Waals surface area contributed by atoms with Crippen LogP contribution in [0.3, 0.4) is 0 Å². The largest absolute Gasteiger partial charge is 0.493 e. The summed E-state index contributed by atoms with van der Waals surface area (Å²) < 4.78 is 5.64. The number of thiocarbonyl (C=S) groups is 1. The van der Waals surface area contributed by atoms with Gasteiger partial charge in [-0.15, -0.1) is 0 Å². The highest BCUT2D eigenvalue weighted by atomic mass is 32.1. The van der Waals surface area contributed by atoms with Crippen LogP contribution < -0.4 is 20.9 Å². The molecule has 0 saturated heterocycles. The first-order valence-corrected chi connectivity index (χ1v) is 10.4. The third-order valence-corrected chi connectivity index (χ3v) is 4.66. The van der Waals surface area contributed by atoms with Gasteiger partial charge in [0.1, 0.15) is 5.75 Å². The molecule has 0 radical (unpaired) electrons. The van der Waals surface area contributed by atoms with Gasteiger partial charge in [0.25, 0.3) is 5.91 Å². The third-order valence-electron chi connectivity index (χ3n) is 4.45. The molecule has 0 aromatic heterocycles. The Kier molecular flexibility index (Phi) is 7.56. The maximum Gasteiger partial charge on any atom is 0.257 e. The summed E-state index contributed by atoms with van der Waals surface area (Å²) in [5.74, 6) is 0.336. The topological polar surface area (TPSA) is 79.5 Å². The predicted molar refractivity (Wildman–Crippen MR) is 126 cm³/mol. The molecule has 0 heterocycles. The summed E-state index contributed by atoms with van der Waals surface area (Å²) in [4.78, 5) is 24.7. The number of carbonyl (C=O) groups excluding carboxylic acids is 2. The van der Waals surface area contributed by atoms with Crippen molar-refractivity contribution >= 4 is 39.9 Å². The lowest BCUT2D eigenvalue weighted by atomic mass is 10.0. The molecule has 3 N–H and O–H groups in total. The van der Waals surface area contributed by atoms with E-state index in [2.05, 4.69) is 30.0 Å². The number of amides is 2. The van der Waals surface area contributed by atoms with Crippen molar-refractivity contribution in [2.24, 2.45) is 5.92 Å². The number of fused-ring (bicyclic) bond motifs is 1. The van der Waals surface area contributed by atoms with Crippen LogP contribution in [0.4, 0.5) is 0 Å². The van der Waals surface area contributed by atoms with Crippen molar-refractivity contribution in [3.8, 4) is 5.75 Å². The van der Waals surface area contributed by atoms with Crippen molar-refractivity contribution in [1.29, 1.82) is 0 Å². The minimum atomic E-state index is -0.393. The van der Waals surface area contributed by atoms with Crippen LogP contribution in [0.5, 0.6) is 5.75 Å². The lowest BCUT2D eigenvalue weighted by Gasteiger charge is -2.12. The van der Waals surface area contributed by atoms with Gasteiger partial charge < -0.3 is 4.74 Å². The van der Waals surface area contributed by atoms with Gasteiger partial charge in [-0.1, -0.05) is 62.4 Å². The molecule has 31 heavy (non-hydrogen) atoms. The van der Waals surface area contributed by atoms with Gasteiger partial charge in [0.05, 0.1) is 13.0 Å². The SMILES string of the molecule is CC(C)COc1cccc(C(=O)NC(=S)NNC(=O)Cc2cccc3ccccc23)c1. The molecule has 0 aliphatic heterocycles. The summed E-state index contributed by atoms with van der Waals surface area (Å²) in [7, 11) is 0. The molecule has 0 bridgehead atoms. The molecule has 0 atom stereocenters. The van der Waals surface area contributed by atoms with E-state index in [1.165, 1.54) is 0 Å². The van der Waals surface area contributed by atoms with Crippen molar-refractivity contribution in [3.63, 3.8) is 0 Å². The molecule has 3 rings (SSSR count). The number of hydrazine groups is 1. The van der Waals surface area contributed by atoms with Crippen LogP contribution in [-0.2, 0) is 11.2 Å². The second kappa shape index (κ2) is 10.5. The van der Waals surface area contributed by atoms with E-state index >= 15 is 0 Å². The fourth-order valence-corrected chi connectivity index (χ4v) is 3.13. The number of carbonyl (C=O) groups is 2. The molecule has 0 aliphatic rings. The van der Waals surface area contributed by atoms with Crippen molar-refractivity contribution < 1.29 is 14.3 Å². The van der Waals surface area contributed by atoms with Gasteiger partial charge in [-0.2, -0.15) is 0 Å². The van der Waals surface area contributed by atoms with Gasteiger partial charge in [-0.25, -0.2) is 0 Å². The van der Waals surface area contributed by atoms with Gasteiger partial charge in [-0.3, -0.25) is 25.8 Å². The Morgan fingerprint density at radius 1 is 0.968 bits per heavy atom. The van der Waals surface area contributed by atoms with E-state index in [4.69, 9.17) is 17.0 Å². The molecule has 0 aliphatic carbocycles. The molecule has 0 spiro atoms. The van der Waals surface area contributed by atoms with E-state index in [1.54, 1.807) is 24.3 Å². The summed E-state index contributed by atoms with van der Waals surface area (Å²) in [6.07, 6.45) is 0.181. The van der Waals surface area contributed by atoms with Crippen LogP contribution in [0.1, 0.15) is 29.8 Å². The monoisotopic (exact) mass is 435 g/mol. The first-order chi connectivity index (χ1) is 14.9. The summed E-state index contributed by atoms with van der Waals surface area (Å²) in [5.41, 5.74) is 6.42. The molecular weight excluding hydrogens is 410 g/mol. The molecule has 0 saturated carbocycles. The Hall–Kier alpha value is -3.45. The standard InChI is InChI=1S/C24H25N3O3S/c1-16(2)15-30-20-11-6-10-19(13-20)23(29)25-24(31)27-26-22(28)14-18-9-5-8-17-7-3-4-12-21(17)18/h3-13,16H,14-15H2,1-2H3,(H,26,28)(H2,25,27,29,31). The van der Waals surface area contributed by atoms with Crippen LogP contribution >= 0.6 is 12.2 Å². The van der Waals surface area contributed by atoms with E-state index < -0.39 is 5.91 Å². The highest BCUT2D eigenvalue weighted by Crippen LogP contribution is 2.18. The molecule has 160 valence electrons. The fourth-order valence-electron chi connectivity index (χ4n) is 2.99. The molecule has 3 aromatic rings. The first-order valence-electron chi connectivity index (χ1n) is 10.0. The molecule has 0 unspecified atom stereocenters. The highest BCUT2D eigenvalue weighted by Gasteiger charge is 2.11. The van der Waals surface area contributed by atoms with Gasteiger partial charge >= 0.3 is 0 Å². The van der Waals surface area contributed by atoms with Crippen LogP contribution in [0, 0.1) is 5.92 Å². The minimum Gasteiger partial charge on any atom is -0.493 e. The Bertz CT molecular complexity index is 1090. The normalized spacial score (nSPS) is 10.5. The number of benzene rings is 3. The maximum absolute atomic E-state index is 12.4. The number of ether oxygens (including phenoxy) is 1. The highest BCUT2D eigenvalue weighted by molar-refractivity contribution is 7.80. The quantitative estimate of drug-likeness (QED) is 0.406. The van der Waals surface area contributed by atoms with Crippen molar-refractivity contribution in [2.45, 2.75) is 20.3 Å². The van der Waals surface area contributed by atoms with Gasteiger partial charge in [-0.05, 0) is 52.7 Å². The second-order valence-corrected chi connectivity index (χ2v) is 7.91. The smallest absolute Gasteiger partial charge is 0.257 e. The number of hydrogen-bond donors (Lipinski definition) is 3. The first kappa shape index (κ1) is 22.2. The number of rotatable bonds is 6. The van der Waals surface area contributed by atoms with Gasteiger partial charge in [0.2, 0.25) is 5.91 Å². The van der Waals surface area contributed by atoms with Crippen LogP contribution in [0.15, 0.2) is 66.7 Å². The van der Waals surface area contributed by atoms with Crippen molar-refractivity contribution in [2.75, 3.05) is 6.61 Å². The molecule has 2 amide bonds. The summed E-state index contributed by atoms with van der Waals surface area (Å²) >= 11 is 5.12. The van der Waals surface area contributed by atoms with E-state index in [-0.39, 0.29) is 17.4 Å². The van der Waals surface area contributed by atoms with Gasteiger partial charge in [0.15, 0.2) is 5.11 Å². The zero-order valence-corrected chi connectivity index (χ0v) is 18.3. The summed E-state index contributed by atoms with van der Waals surface area (Å²) in [5, 5.41) is 4.65. The average Bonchev–Trinajstić information content (AvgIpc) is 2.77. The zero-order valence-electron chi connectivity index (χ0n) is 17.5. The molecular formula is C24H25N3O3S. The minimum absolute atomic E-state index is 0.00442. The predicted octanol–water partition coefficient (Wildman–Crippen LogP) is 3.75. The Morgan fingerprint density at radius 3 is 2.52 bits per heavy atom. The summed E-state index contributed by atoms with van der Waals surface area (Å²) in [6.45, 7) is 4.66. The lowest BCUT2D eigenvalue weighted by molar-refractivity contribution is -0.121. The van der Waals surface area contributed by atoms with Crippen LogP contribution in [-0.4, -0.2) is 23.5 Å². The molecule has 0 fully saturated rings. The van der Waals surface area contributed by atoms with Crippen molar-refractivity contribution in [3.05, 3.63) is 77.9 Å². The second-order valence-electron chi connectivity index (χ2n) is 7.50. The van der Waals surface area contributed by atoms with Crippen LogP contribution in [0.25, 0.3) is 10.8 Å².